The Morgan fingerprint density at radius 1 is 1.06 bits per heavy atom. The van der Waals surface area contributed by atoms with E-state index < -0.39 is 28.5 Å². The lowest BCUT2D eigenvalue weighted by Gasteiger charge is -2.29. The van der Waals surface area contributed by atoms with Crippen molar-refractivity contribution in [1.82, 2.24) is 9.62 Å². The van der Waals surface area contributed by atoms with Gasteiger partial charge in [0, 0.05) is 19.6 Å². The first kappa shape index (κ1) is 22.9. The molecule has 0 aromatic heterocycles. The van der Waals surface area contributed by atoms with Crippen LogP contribution < -0.4 is 5.32 Å². The number of nitrogens with one attached hydrogen (secondary N) is 1. The van der Waals surface area contributed by atoms with Gasteiger partial charge in [-0.1, -0.05) is 19.1 Å². The minimum atomic E-state index is -3.60. The van der Waals surface area contributed by atoms with Gasteiger partial charge in [0.25, 0.3) is 5.91 Å². The van der Waals surface area contributed by atoms with Crippen molar-refractivity contribution < 1.29 is 27.1 Å². The molecule has 1 N–H and O–H groups in total. The van der Waals surface area contributed by atoms with Crippen LogP contribution in [0.2, 0.25) is 0 Å². The summed E-state index contributed by atoms with van der Waals surface area (Å²) in [6, 6.07) is 11.2. The number of carbonyl (C=O) groups is 2. The Bertz CT molecular complexity index is 1010. The summed E-state index contributed by atoms with van der Waals surface area (Å²) in [6.45, 7) is 2.78. The number of ether oxygens (including phenoxy) is 1. The number of nitrogens with zero attached hydrogens (tertiary/aromatic N) is 1. The van der Waals surface area contributed by atoms with Crippen LogP contribution in [0.5, 0.6) is 0 Å². The smallest absolute Gasteiger partial charge is 0.338 e. The van der Waals surface area contributed by atoms with Gasteiger partial charge in [0.05, 0.1) is 10.5 Å². The summed E-state index contributed by atoms with van der Waals surface area (Å²) in [4.78, 5) is 24.1. The molecule has 31 heavy (non-hydrogen) atoms. The maximum Gasteiger partial charge on any atom is 0.338 e. The van der Waals surface area contributed by atoms with Crippen molar-refractivity contribution in [2.45, 2.75) is 31.2 Å². The minimum Gasteiger partial charge on any atom is -0.452 e. The molecule has 2 aromatic rings. The number of rotatable bonds is 7. The quantitative estimate of drug-likeness (QED) is 0.658. The lowest BCUT2D eigenvalue weighted by molar-refractivity contribution is -0.124. The first-order valence-electron chi connectivity index (χ1n) is 10.0. The number of sulfonamides is 1. The molecule has 0 spiro atoms. The Balaban J connectivity index is 1.50. The predicted molar refractivity (Wildman–Crippen MR) is 112 cm³/mol. The molecular formula is C22H25FN2O5S. The number of hydrogen-bond acceptors (Lipinski definition) is 5. The Morgan fingerprint density at radius 3 is 2.29 bits per heavy atom. The van der Waals surface area contributed by atoms with E-state index >= 15 is 0 Å². The largest absolute Gasteiger partial charge is 0.452 e. The first-order valence-corrected chi connectivity index (χ1v) is 11.5. The second kappa shape index (κ2) is 10.0. The fourth-order valence-electron chi connectivity index (χ4n) is 3.21. The highest BCUT2D eigenvalue weighted by Gasteiger charge is 2.28. The van der Waals surface area contributed by atoms with Crippen LogP contribution in [-0.4, -0.2) is 44.3 Å². The van der Waals surface area contributed by atoms with Gasteiger partial charge in [-0.15, -0.1) is 0 Å². The van der Waals surface area contributed by atoms with Crippen LogP contribution in [0.3, 0.4) is 0 Å². The van der Waals surface area contributed by atoms with Gasteiger partial charge >= 0.3 is 5.97 Å². The van der Waals surface area contributed by atoms with Gasteiger partial charge in [-0.3, -0.25) is 4.79 Å². The number of esters is 1. The van der Waals surface area contributed by atoms with Crippen LogP contribution in [0, 0.1) is 11.7 Å². The average Bonchev–Trinajstić information content (AvgIpc) is 2.77. The van der Waals surface area contributed by atoms with E-state index in [0.717, 1.165) is 12.8 Å². The summed E-state index contributed by atoms with van der Waals surface area (Å²) in [7, 11) is -3.60. The van der Waals surface area contributed by atoms with Crippen molar-refractivity contribution in [3.63, 3.8) is 0 Å². The van der Waals surface area contributed by atoms with E-state index in [9.17, 15) is 22.4 Å². The molecule has 0 bridgehead atoms. The number of hydrogen-bond donors (Lipinski definition) is 1. The molecule has 0 atom stereocenters. The summed E-state index contributed by atoms with van der Waals surface area (Å²) < 4.78 is 44.8. The van der Waals surface area contributed by atoms with Gasteiger partial charge in [-0.25, -0.2) is 17.6 Å². The first-order chi connectivity index (χ1) is 14.8. The van der Waals surface area contributed by atoms with Crippen molar-refractivity contribution in [2.75, 3.05) is 19.7 Å². The second-order valence-electron chi connectivity index (χ2n) is 7.59. The van der Waals surface area contributed by atoms with Gasteiger partial charge < -0.3 is 10.1 Å². The highest BCUT2D eigenvalue weighted by atomic mass is 32.2. The zero-order valence-electron chi connectivity index (χ0n) is 17.2. The molecule has 2 aromatic carbocycles. The third kappa shape index (κ3) is 6.11. The molecular weight excluding hydrogens is 423 g/mol. The fraction of sp³-hybridized carbons (Fsp3) is 0.364. The summed E-state index contributed by atoms with van der Waals surface area (Å²) in [6.07, 6.45) is 1.65. The van der Waals surface area contributed by atoms with Crippen LogP contribution in [0.25, 0.3) is 0 Å². The van der Waals surface area contributed by atoms with E-state index in [2.05, 4.69) is 12.2 Å². The molecule has 1 heterocycles. The third-order valence-electron chi connectivity index (χ3n) is 5.21. The number of carbonyl (C=O) groups excluding carboxylic acids is 2. The minimum absolute atomic E-state index is 0.121. The molecule has 1 aliphatic rings. The average molecular weight is 449 g/mol. The standard InChI is InChI=1S/C22H25FN2O5S/c1-16-10-12-25(13-11-16)31(28,29)20-8-4-18(5-9-20)22(27)30-15-21(26)24-14-17-2-6-19(23)7-3-17/h2-9,16H,10-15H2,1H3,(H,24,26). The maximum atomic E-state index is 12.9. The van der Waals surface area contributed by atoms with E-state index in [0.29, 0.717) is 24.6 Å². The summed E-state index contributed by atoms with van der Waals surface area (Å²) in [5.74, 6) is -1.09. The molecule has 7 nitrogen and oxygen atoms in total. The van der Waals surface area contributed by atoms with Crippen LogP contribution in [-0.2, 0) is 26.1 Å². The van der Waals surface area contributed by atoms with Crippen molar-refractivity contribution in [2.24, 2.45) is 5.92 Å². The Hall–Kier alpha value is -2.78. The second-order valence-corrected chi connectivity index (χ2v) is 9.53. The van der Waals surface area contributed by atoms with E-state index in [1.165, 1.54) is 40.7 Å². The van der Waals surface area contributed by atoms with Gasteiger partial charge in [0.2, 0.25) is 10.0 Å². The predicted octanol–water partition coefficient (Wildman–Crippen LogP) is 2.72. The number of amides is 1. The van der Waals surface area contributed by atoms with Crippen molar-refractivity contribution in [3.05, 3.63) is 65.5 Å². The lowest BCUT2D eigenvalue weighted by atomic mass is 10.0. The van der Waals surface area contributed by atoms with Crippen LogP contribution in [0.4, 0.5) is 4.39 Å². The number of piperidine rings is 1. The lowest BCUT2D eigenvalue weighted by Crippen LogP contribution is -2.37. The topological polar surface area (TPSA) is 92.8 Å². The molecule has 0 saturated carbocycles. The maximum absolute atomic E-state index is 12.9. The van der Waals surface area contributed by atoms with Crippen LogP contribution >= 0.6 is 0 Å². The van der Waals surface area contributed by atoms with Crippen molar-refractivity contribution >= 4 is 21.9 Å². The molecule has 0 radical (unpaired) electrons. The Morgan fingerprint density at radius 2 is 1.68 bits per heavy atom. The van der Waals surface area contributed by atoms with Crippen LogP contribution in [0.1, 0.15) is 35.7 Å². The third-order valence-corrected chi connectivity index (χ3v) is 7.12. The fourth-order valence-corrected chi connectivity index (χ4v) is 4.68. The van der Waals surface area contributed by atoms with Crippen molar-refractivity contribution in [1.29, 1.82) is 0 Å². The van der Waals surface area contributed by atoms with Crippen molar-refractivity contribution in [3.8, 4) is 0 Å². The highest BCUT2D eigenvalue weighted by molar-refractivity contribution is 7.89. The highest BCUT2D eigenvalue weighted by Crippen LogP contribution is 2.23. The zero-order valence-corrected chi connectivity index (χ0v) is 18.0. The van der Waals surface area contributed by atoms with Gasteiger partial charge in [-0.2, -0.15) is 4.31 Å². The Labute approximate surface area is 181 Å². The SMILES string of the molecule is CC1CCN(S(=O)(=O)c2ccc(C(=O)OCC(=O)NCc3ccc(F)cc3)cc2)CC1. The van der Waals surface area contributed by atoms with E-state index in [1.807, 2.05) is 0 Å². The summed E-state index contributed by atoms with van der Waals surface area (Å²) in [5, 5.41) is 2.57. The van der Waals surface area contributed by atoms with Gasteiger partial charge in [-0.05, 0) is 60.7 Å². The van der Waals surface area contributed by atoms with E-state index in [1.54, 1.807) is 12.1 Å². The van der Waals surface area contributed by atoms with E-state index in [-0.39, 0.29) is 22.8 Å². The van der Waals surface area contributed by atoms with Gasteiger partial charge in [0.15, 0.2) is 6.61 Å². The number of benzene rings is 2. The summed E-state index contributed by atoms with van der Waals surface area (Å²) in [5.41, 5.74) is 0.860. The summed E-state index contributed by atoms with van der Waals surface area (Å²) >= 11 is 0. The zero-order chi connectivity index (χ0) is 22.4. The molecule has 1 saturated heterocycles. The molecule has 9 heteroatoms. The molecule has 166 valence electrons. The molecule has 1 amide bonds. The molecule has 1 aliphatic heterocycles. The monoisotopic (exact) mass is 448 g/mol. The molecule has 0 unspecified atom stereocenters. The van der Waals surface area contributed by atoms with Gasteiger partial charge in [0.1, 0.15) is 5.82 Å². The number of halogens is 1. The molecule has 3 rings (SSSR count). The molecule has 1 fully saturated rings. The van der Waals surface area contributed by atoms with E-state index in [4.69, 9.17) is 4.74 Å². The van der Waals surface area contributed by atoms with Crippen LogP contribution in [0.15, 0.2) is 53.4 Å². The normalized spacial score (nSPS) is 15.4. The Kier molecular flexibility index (Phi) is 7.40. The molecule has 0 aliphatic carbocycles.